The van der Waals surface area contributed by atoms with Gasteiger partial charge in [0.2, 0.25) is 0 Å². The van der Waals surface area contributed by atoms with Gasteiger partial charge in [0.25, 0.3) is 0 Å². The van der Waals surface area contributed by atoms with E-state index >= 15 is 0 Å². The van der Waals surface area contributed by atoms with Crippen molar-refractivity contribution in [2.24, 2.45) is 19.5 Å². The highest BCUT2D eigenvalue weighted by atomic mass is 16.2. The third-order valence-electron chi connectivity index (χ3n) is 3.57. The standard InChI is InChI=1S/C16H24N4O2/c1-16(2,3)10-18-14(21)17-9-11-6-7-12-13(8-11)20(5)15(22)19(12)4/h6-8H,9-10H2,1-5H3,(H2,17,18,21). The molecule has 1 heterocycles. The number of urea groups is 1. The van der Waals surface area contributed by atoms with Gasteiger partial charge >= 0.3 is 11.7 Å². The Balaban J connectivity index is 2.05. The maximum atomic E-state index is 11.9. The Morgan fingerprint density at radius 3 is 2.36 bits per heavy atom. The fraction of sp³-hybridized carbons (Fsp3) is 0.500. The third-order valence-corrected chi connectivity index (χ3v) is 3.57. The van der Waals surface area contributed by atoms with Gasteiger partial charge in [-0.2, -0.15) is 0 Å². The van der Waals surface area contributed by atoms with Crippen molar-refractivity contribution in [3.8, 4) is 0 Å². The predicted molar refractivity (Wildman–Crippen MR) is 87.9 cm³/mol. The van der Waals surface area contributed by atoms with Gasteiger partial charge in [0.15, 0.2) is 0 Å². The van der Waals surface area contributed by atoms with Gasteiger partial charge in [-0.05, 0) is 23.1 Å². The number of hydrogen-bond acceptors (Lipinski definition) is 2. The van der Waals surface area contributed by atoms with Crippen molar-refractivity contribution in [3.05, 3.63) is 34.2 Å². The Morgan fingerprint density at radius 2 is 1.73 bits per heavy atom. The molecule has 6 nitrogen and oxygen atoms in total. The molecule has 2 rings (SSSR count). The first-order chi connectivity index (χ1) is 10.2. The Morgan fingerprint density at radius 1 is 1.09 bits per heavy atom. The highest BCUT2D eigenvalue weighted by molar-refractivity contribution is 5.77. The van der Waals surface area contributed by atoms with Gasteiger partial charge in [0.05, 0.1) is 11.0 Å². The minimum Gasteiger partial charge on any atom is -0.338 e. The monoisotopic (exact) mass is 304 g/mol. The Labute approximate surface area is 130 Å². The zero-order chi connectivity index (χ0) is 16.5. The number of amides is 2. The van der Waals surface area contributed by atoms with Crippen molar-refractivity contribution in [2.75, 3.05) is 6.54 Å². The molecule has 0 unspecified atom stereocenters. The first kappa shape index (κ1) is 16.1. The van der Waals surface area contributed by atoms with Gasteiger partial charge in [0.1, 0.15) is 0 Å². The molecule has 0 spiro atoms. The van der Waals surface area contributed by atoms with E-state index in [2.05, 4.69) is 31.4 Å². The van der Waals surface area contributed by atoms with Gasteiger partial charge in [0, 0.05) is 27.2 Å². The summed E-state index contributed by atoms with van der Waals surface area (Å²) in [5.74, 6) is 0. The first-order valence-electron chi connectivity index (χ1n) is 7.35. The molecule has 0 saturated carbocycles. The largest absolute Gasteiger partial charge is 0.338 e. The van der Waals surface area contributed by atoms with Crippen molar-refractivity contribution in [3.63, 3.8) is 0 Å². The summed E-state index contributed by atoms with van der Waals surface area (Å²) in [6.07, 6.45) is 0. The number of aromatic nitrogens is 2. The van der Waals surface area contributed by atoms with Crippen LogP contribution < -0.4 is 16.3 Å². The average molecular weight is 304 g/mol. The normalized spacial score (nSPS) is 11.7. The number of fused-ring (bicyclic) bond motifs is 1. The molecule has 2 N–H and O–H groups in total. The quantitative estimate of drug-likeness (QED) is 0.906. The number of aryl methyl sites for hydroxylation is 2. The summed E-state index contributed by atoms with van der Waals surface area (Å²) in [6, 6.07) is 5.57. The number of imidazole rings is 1. The first-order valence-corrected chi connectivity index (χ1v) is 7.35. The highest BCUT2D eigenvalue weighted by Crippen LogP contribution is 2.14. The van der Waals surface area contributed by atoms with Crippen LogP contribution in [0.25, 0.3) is 11.0 Å². The van der Waals surface area contributed by atoms with Gasteiger partial charge in [-0.1, -0.05) is 26.8 Å². The average Bonchev–Trinajstić information content (AvgIpc) is 2.67. The maximum Gasteiger partial charge on any atom is 0.328 e. The van der Waals surface area contributed by atoms with Crippen LogP contribution in [-0.2, 0) is 20.6 Å². The highest BCUT2D eigenvalue weighted by Gasteiger charge is 2.12. The fourth-order valence-electron chi connectivity index (χ4n) is 2.25. The van der Waals surface area contributed by atoms with E-state index in [1.54, 1.807) is 23.2 Å². The molecular weight excluding hydrogens is 280 g/mol. The van der Waals surface area contributed by atoms with E-state index in [0.29, 0.717) is 13.1 Å². The molecule has 1 aromatic heterocycles. The number of benzene rings is 1. The summed E-state index contributed by atoms with van der Waals surface area (Å²) < 4.78 is 3.22. The number of carbonyl (C=O) groups is 1. The van der Waals surface area contributed by atoms with Crippen LogP contribution >= 0.6 is 0 Å². The Kier molecular flexibility index (Phi) is 4.30. The molecule has 1 aromatic carbocycles. The number of rotatable bonds is 3. The lowest BCUT2D eigenvalue weighted by molar-refractivity contribution is 0.235. The molecule has 2 amide bonds. The zero-order valence-electron chi connectivity index (χ0n) is 13.9. The van der Waals surface area contributed by atoms with E-state index < -0.39 is 0 Å². The van der Waals surface area contributed by atoms with Crippen LogP contribution in [0.3, 0.4) is 0 Å². The van der Waals surface area contributed by atoms with Crippen LogP contribution in [-0.4, -0.2) is 21.7 Å². The third kappa shape index (κ3) is 3.50. The second kappa shape index (κ2) is 5.87. The molecule has 0 aliphatic carbocycles. The van der Waals surface area contributed by atoms with Crippen molar-refractivity contribution in [1.82, 2.24) is 19.8 Å². The molecule has 0 saturated heterocycles. The van der Waals surface area contributed by atoms with Crippen LogP contribution in [0.15, 0.2) is 23.0 Å². The zero-order valence-corrected chi connectivity index (χ0v) is 13.9. The van der Waals surface area contributed by atoms with E-state index in [0.717, 1.165) is 16.6 Å². The minimum absolute atomic E-state index is 0.0528. The van der Waals surface area contributed by atoms with E-state index in [4.69, 9.17) is 0 Å². The van der Waals surface area contributed by atoms with Gasteiger partial charge in [-0.3, -0.25) is 9.13 Å². The van der Waals surface area contributed by atoms with Gasteiger partial charge in [-0.15, -0.1) is 0 Å². The van der Waals surface area contributed by atoms with Gasteiger partial charge in [-0.25, -0.2) is 9.59 Å². The lowest BCUT2D eigenvalue weighted by Crippen LogP contribution is -2.39. The number of nitrogens with one attached hydrogen (secondary N) is 2. The Hall–Kier alpha value is -2.24. The van der Waals surface area contributed by atoms with Gasteiger partial charge < -0.3 is 10.6 Å². The minimum atomic E-state index is -0.183. The molecule has 0 aliphatic heterocycles. The van der Waals surface area contributed by atoms with Crippen LogP contribution in [0, 0.1) is 5.41 Å². The van der Waals surface area contributed by atoms with E-state index in [1.165, 1.54) is 0 Å². The molecular formula is C16H24N4O2. The predicted octanol–water partition coefficient (Wildman–Crippen LogP) is 1.72. The summed E-state index contributed by atoms with van der Waals surface area (Å²) in [5, 5.41) is 5.68. The molecule has 0 radical (unpaired) electrons. The van der Waals surface area contributed by atoms with Crippen LogP contribution in [0.1, 0.15) is 26.3 Å². The molecule has 6 heteroatoms. The molecule has 0 atom stereocenters. The smallest absolute Gasteiger partial charge is 0.328 e. The summed E-state index contributed by atoms with van der Waals surface area (Å²) in [4.78, 5) is 23.7. The molecule has 0 bridgehead atoms. The second-order valence-electron chi connectivity index (χ2n) is 6.82. The van der Waals surface area contributed by atoms with Crippen LogP contribution in [0.4, 0.5) is 4.79 Å². The fourth-order valence-corrected chi connectivity index (χ4v) is 2.25. The summed E-state index contributed by atoms with van der Waals surface area (Å²) in [7, 11) is 3.50. The lowest BCUT2D eigenvalue weighted by atomic mass is 9.97. The maximum absolute atomic E-state index is 11.9. The number of hydrogen-bond donors (Lipinski definition) is 2. The lowest BCUT2D eigenvalue weighted by Gasteiger charge is -2.18. The summed E-state index contributed by atoms with van der Waals surface area (Å²) in [6.45, 7) is 7.24. The summed E-state index contributed by atoms with van der Waals surface area (Å²) >= 11 is 0. The molecule has 2 aromatic rings. The van der Waals surface area contributed by atoms with Crippen molar-refractivity contribution >= 4 is 17.1 Å². The second-order valence-corrected chi connectivity index (χ2v) is 6.82. The Bertz CT molecular complexity index is 750. The van der Waals surface area contributed by atoms with E-state index in [1.807, 2.05) is 18.2 Å². The molecule has 0 aliphatic rings. The van der Waals surface area contributed by atoms with Crippen molar-refractivity contribution in [1.29, 1.82) is 0 Å². The number of carbonyl (C=O) groups excluding carboxylic acids is 1. The topological polar surface area (TPSA) is 68.1 Å². The number of nitrogens with zero attached hydrogens (tertiary/aromatic N) is 2. The van der Waals surface area contributed by atoms with E-state index in [9.17, 15) is 9.59 Å². The molecule has 120 valence electrons. The van der Waals surface area contributed by atoms with Crippen LogP contribution in [0.2, 0.25) is 0 Å². The summed E-state index contributed by atoms with van der Waals surface area (Å²) in [5.41, 5.74) is 2.71. The van der Waals surface area contributed by atoms with Crippen molar-refractivity contribution in [2.45, 2.75) is 27.3 Å². The van der Waals surface area contributed by atoms with E-state index in [-0.39, 0.29) is 17.1 Å². The molecule has 0 fully saturated rings. The van der Waals surface area contributed by atoms with Crippen LogP contribution in [0.5, 0.6) is 0 Å². The van der Waals surface area contributed by atoms with Crippen molar-refractivity contribution < 1.29 is 4.79 Å². The SMILES string of the molecule is Cn1c(=O)n(C)c2cc(CNC(=O)NCC(C)(C)C)ccc21. The molecule has 22 heavy (non-hydrogen) atoms.